The maximum absolute atomic E-state index is 13.1. The van der Waals surface area contributed by atoms with Gasteiger partial charge in [-0.25, -0.2) is 4.79 Å². The number of hydrogen-bond donors (Lipinski definition) is 1. The van der Waals surface area contributed by atoms with E-state index in [2.05, 4.69) is 4.98 Å². The zero-order chi connectivity index (χ0) is 25.3. The first kappa shape index (κ1) is 24.6. The van der Waals surface area contributed by atoms with E-state index < -0.39 is 47.4 Å². The highest BCUT2D eigenvalue weighted by atomic mass is 16.6. The first-order valence-electron chi connectivity index (χ1n) is 11.4. The monoisotopic (exact) mass is 485 g/mol. The fraction of sp³-hybridized carbons (Fsp3) is 0.458. The zero-order valence-electron chi connectivity index (χ0n) is 19.7. The molecule has 4 atom stereocenters. The molecule has 186 valence electrons. The van der Waals surface area contributed by atoms with Crippen molar-refractivity contribution in [3.05, 3.63) is 68.0 Å². The number of nitrogens with one attached hydrogen (secondary N) is 1. The van der Waals surface area contributed by atoms with Crippen LogP contribution < -0.4 is 11.2 Å². The van der Waals surface area contributed by atoms with Gasteiger partial charge in [-0.3, -0.25) is 33.6 Å². The van der Waals surface area contributed by atoms with E-state index >= 15 is 0 Å². The van der Waals surface area contributed by atoms with E-state index in [1.807, 2.05) is 13.8 Å². The predicted molar refractivity (Wildman–Crippen MR) is 122 cm³/mol. The maximum atomic E-state index is 13.1. The Balaban J connectivity index is 1.64. The molecule has 1 fully saturated rings. The third kappa shape index (κ3) is 4.82. The Kier molecular flexibility index (Phi) is 6.99. The van der Waals surface area contributed by atoms with Gasteiger partial charge in [0.2, 0.25) is 0 Å². The molecule has 0 aliphatic carbocycles. The molecule has 1 saturated heterocycles. The topological polar surface area (TPSA) is 137 Å². The van der Waals surface area contributed by atoms with Crippen LogP contribution in [0.1, 0.15) is 66.1 Å². The Hall–Kier alpha value is -3.57. The number of amides is 2. The predicted octanol–water partition coefficient (Wildman–Crippen LogP) is 1.37. The Labute approximate surface area is 200 Å². The van der Waals surface area contributed by atoms with Gasteiger partial charge >= 0.3 is 11.7 Å². The van der Waals surface area contributed by atoms with Gasteiger partial charge in [0.05, 0.1) is 35.4 Å². The number of benzene rings is 1. The summed E-state index contributed by atoms with van der Waals surface area (Å²) in [5.41, 5.74) is -0.493. The third-order valence-corrected chi connectivity index (χ3v) is 6.26. The Morgan fingerprint density at radius 1 is 1.17 bits per heavy atom. The van der Waals surface area contributed by atoms with Gasteiger partial charge < -0.3 is 14.2 Å². The van der Waals surface area contributed by atoms with Gasteiger partial charge in [-0.1, -0.05) is 19.1 Å². The third-order valence-electron chi connectivity index (χ3n) is 6.26. The average Bonchev–Trinajstić information content (AvgIpc) is 3.35. The summed E-state index contributed by atoms with van der Waals surface area (Å²) in [6, 6.07) is 5.67. The molecule has 2 aliphatic heterocycles. The van der Waals surface area contributed by atoms with Crippen LogP contribution in [0.3, 0.4) is 0 Å². The number of aromatic nitrogens is 2. The van der Waals surface area contributed by atoms with Crippen molar-refractivity contribution in [1.29, 1.82) is 0 Å². The van der Waals surface area contributed by atoms with E-state index in [9.17, 15) is 24.0 Å². The van der Waals surface area contributed by atoms with Gasteiger partial charge in [-0.15, -0.1) is 0 Å². The number of rotatable bonds is 8. The van der Waals surface area contributed by atoms with Crippen molar-refractivity contribution >= 4 is 17.8 Å². The van der Waals surface area contributed by atoms with Crippen molar-refractivity contribution in [3.63, 3.8) is 0 Å². The van der Waals surface area contributed by atoms with Crippen LogP contribution in [0.25, 0.3) is 0 Å². The number of aromatic amines is 1. The van der Waals surface area contributed by atoms with E-state index in [4.69, 9.17) is 14.2 Å². The van der Waals surface area contributed by atoms with E-state index in [0.29, 0.717) is 0 Å². The SMILES string of the molecule is CCC(C)OCc1cn([C@H]2CC(N3C(=O)c4ccccc4C3=O)[C@@H](COC(C)=O)O2)c(=O)[nH]c1=O. The summed E-state index contributed by atoms with van der Waals surface area (Å²) >= 11 is 0. The van der Waals surface area contributed by atoms with Crippen molar-refractivity contribution in [1.82, 2.24) is 14.5 Å². The lowest BCUT2D eigenvalue weighted by atomic mass is 10.1. The van der Waals surface area contributed by atoms with Crippen LogP contribution in [0.5, 0.6) is 0 Å². The van der Waals surface area contributed by atoms with Crippen LogP contribution in [-0.2, 0) is 25.6 Å². The molecule has 2 aliphatic rings. The number of carbonyl (C=O) groups excluding carboxylic acids is 3. The van der Waals surface area contributed by atoms with Gasteiger partial charge in [0.1, 0.15) is 18.9 Å². The molecule has 35 heavy (non-hydrogen) atoms. The Morgan fingerprint density at radius 3 is 2.43 bits per heavy atom. The van der Waals surface area contributed by atoms with Crippen LogP contribution in [0.15, 0.2) is 40.1 Å². The van der Waals surface area contributed by atoms with E-state index in [1.165, 1.54) is 17.7 Å². The molecule has 1 aromatic heterocycles. The molecule has 3 heterocycles. The van der Waals surface area contributed by atoms with E-state index in [1.54, 1.807) is 24.3 Å². The average molecular weight is 485 g/mol. The molecule has 11 heteroatoms. The second kappa shape index (κ2) is 9.96. The number of nitrogens with zero attached hydrogens (tertiary/aromatic N) is 2. The smallest absolute Gasteiger partial charge is 0.330 e. The molecule has 1 aromatic carbocycles. The minimum atomic E-state index is -0.920. The number of H-pyrrole nitrogens is 1. The minimum Gasteiger partial charge on any atom is -0.463 e. The van der Waals surface area contributed by atoms with E-state index in [0.717, 1.165) is 11.3 Å². The van der Waals surface area contributed by atoms with Crippen molar-refractivity contribution in [2.45, 2.75) is 64.7 Å². The first-order valence-corrected chi connectivity index (χ1v) is 11.4. The highest BCUT2D eigenvalue weighted by Crippen LogP contribution is 2.36. The van der Waals surface area contributed by atoms with Gasteiger partial charge in [-0.05, 0) is 25.5 Å². The van der Waals surface area contributed by atoms with Crippen molar-refractivity contribution in [3.8, 4) is 0 Å². The Bertz CT molecular complexity index is 1230. The fourth-order valence-electron chi connectivity index (χ4n) is 4.21. The number of fused-ring (bicyclic) bond motifs is 1. The van der Waals surface area contributed by atoms with Gasteiger partial charge in [0.15, 0.2) is 0 Å². The highest BCUT2D eigenvalue weighted by Gasteiger charge is 2.48. The number of ether oxygens (including phenoxy) is 3. The second-order valence-electron chi connectivity index (χ2n) is 8.61. The lowest BCUT2D eigenvalue weighted by Crippen LogP contribution is -2.46. The molecule has 2 aromatic rings. The zero-order valence-corrected chi connectivity index (χ0v) is 19.7. The van der Waals surface area contributed by atoms with Crippen molar-refractivity contribution in [2.24, 2.45) is 0 Å². The molecule has 11 nitrogen and oxygen atoms in total. The van der Waals surface area contributed by atoms with Crippen LogP contribution in [0.4, 0.5) is 0 Å². The highest BCUT2D eigenvalue weighted by molar-refractivity contribution is 6.21. The van der Waals surface area contributed by atoms with Crippen LogP contribution in [0, 0.1) is 0 Å². The number of carbonyl (C=O) groups is 3. The Morgan fingerprint density at radius 2 is 1.83 bits per heavy atom. The van der Waals surface area contributed by atoms with E-state index in [-0.39, 0.29) is 42.4 Å². The van der Waals surface area contributed by atoms with Gasteiger partial charge in [0.25, 0.3) is 17.4 Å². The summed E-state index contributed by atoms with van der Waals surface area (Å²) in [5, 5.41) is 0. The second-order valence-corrected chi connectivity index (χ2v) is 8.61. The van der Waals surface area contributed by atoms with Crippen LogP contribution in [0.2, 0.25) is 0 Å². The standard InChI is InChI=1S/C24H27N3O8/c1-4-13(2)33-11-15-10-26(24(32)25-21(15)29)20-9-18(19(35-20)12-34-14(3)28)27-22(30)16-7-5-6-8-17(16)23(27)31/h5-8,10,13,18-20H,4,9,11-12H2,1-3H3,(H,25,29,32)/t13?,18?,19-,20-/m1/s1. The van der Waals surface area contributed by atoms with Crippen LogP contribution in [-0.4, -0.2) is 57.1 Å². The minimum absolute atomic E-state index is 0.00392. The summed E-state index contributed by atoms with van der Waals surface area (Å²) in [6.45, 7) is 4.84. The van der Waals surface area contributed by atoms with Crippen LogP contribution >= 0.6 is 0 Å². The lowest BCUT2D eigenvalue weighted by molar-refractivity contribution is -0.146. The molecule has 1 N–H and O–H groups in total. The largest absolute Gasteiger partial charge is 0.463 e. The molecule has 0 spiro atoms. The molecule has 2 unspecified atom stereocenters. The number of hydrogen-bond acceptors (Lipinski definition) is 8. The van der Waals surface area contributed by atoms with Crippen molar-refractivity contribution in [2.75, 3.05) is 6.61 Å². The summed E-state index contributed by atoms with van der Waals surface area (Å²) in [6.07, 6.45) is 0.310. The number of imide groups is 1. The molecule has 4 rings (SSSR count). The lowest BCUT2D eigenvalue weighted by Gasteiger charge is -2.25. The summed E-state index contributed by atoms with van der Waals surface area (Å²) in [7, 11) is 0. The van der Waals surface area contributed by atoms with Gasteiger partial charge in [-0.2, -0.15) is 0 Å². The fourth-order valence-corrected chi connectivity index (χ4v) is 4.21. The first-order chi connectivity index (χ1) is 16.7. The normalized spacial score (nSPS) is 22.4. The summed E-state index contributed by atoms with van der Waals surface area (Å²) in [4.78, 5) is 65.9. The molecular weight excluding hydrogens is 458 g/mol. The summed E-state index contributed by atoms with van der Waals surface area (Å²) in [5.74, 6) is -1.52. The molecule has 0 radical (unpaired) electrons. The van der Waals surface area contributed by atoms with Gasteiger partial charge in [0, 0.05) is 19.5 Å². The summed E-state index contributed by atoms with van der Waals surface area (Å²) < 4.78 is 18.0. The number of esters is 1. The molecule has 2 amide bonds. The molecule has 0 bridgehead atoms. The quantitative estimate of drug-likeness (QED) is 0.437. The maximum Gasteiger partial charge on any atom is 0.330 e. The van der Waals surface area contributed by atoms with Crippen molar-refractivity contribution < 1.29 is 28.6 Å². The molecule has 0 saturated carbocycles. The molecular formula is C24H27N3O8.